The summed E-state index contributed by atoms with van der Waals surface area (Å²) in [5.41, 5.74) is 1.29. The van der Waals surface area contributed by atoms with Crippen molar-refractivity contribution in [2.75, 3.05) is 20.3 Å². The van der Waals surface area contributed by atoms with Gasteiger partial charge in [0.25, 0.3) is 0 Å². The minimum atomic E-state index is 0.283. The Labute approximate surface area is 109 Å². The first-order chi connectivity index (χ1) is 8.83. The Bertz CT molecular complexity index is 397. The Balaban J connectivity index is 2.02. The smallest absolute Gasteiger partial charge is 0.118 e. The van der Waals surface area contributed by atoms with Gasteiger partial charge in [-0.05, 0) is 36.7 Å². The van der Waals surface area contributed by atoms with Crippen molar-refractivity contribution >= 4 is 0 Å². The van der Waals surface area contributed by atoms with Gasteiger partial charge in [0.05, 0.1) is 19.8 Å². The molecule has 1 aromatic rings. The summed E-state index contributed by atoms with van der Waals surface area (Å²) in [4.78, 5) is 0. The zero-order valence-corrected chi connectivity index (χ0v) is 11.1. The number of nitrogens with one attached hydrogen (secondary N) is 1. The van der Waals surface area contributed by atoms with Crippen LogP contribution in [-0.4, -0.2) is 26.3 Å². The highest BCUT2D eigenvalue weighted by atomic mass is 16.5. The molecule has 1 N–H and O–H groups in total. The van der Waals surface area contributed by atoms with Gasteiger partial charge in [-0.2, -0.15) is 0 Å². The van der Waals surface area contributed by atoms with E-state index in [0.717, 1.165) is 37.5 Å². The average Bonchev–Trinajstić information content (AvgIpc) is 2.93. The van der Waals surface area contributed by atoms with Gasteiger partial charge in [0.15, 0.2) is 0 Å². The lowest BCUT2D eigenvalue weighted by Gasteiger charge is -2.19. The third kappa shape index (κ3) is 3.26. The Morgan fingerprint density at radius 2 is 2.11 bits per heavy atom. The molecule has 1 heterocycles. The summed E-state index contributed by atoms with van der Waals surface area (Å²) in [6, 6.07) is 8.51. The van der Waals surface area contributed by atoms with Gasteiger partial charge in [0.1, 0.15) is 11.5 Å². The van der Waals surface area contributed by atoms with E-state index in [1.54, 1.807) is 7.11 Å². The van der Waals surface area contributed by atoms with Gasteiger partial charge in [-0.15, -0.1) is 0 Å². The highest BCUT2D eigenvalue weighted by Gasteiger charge is 2.18. The fourth-order valence-electron chi connectivity index (χ4n) is 2.20. The second kappa shape index (κ2) is 6.45. The van der Waals surface area contributed by atoms with Crippen molar-refractivity contribution in [1.82, 2.24) is 5.32 Å². The molecule has 1 atom stereocenters. The lowest BCUT2D eigenvalue weighted by atomic mass is 10.0. The van der Waals surface area contributed by atoms with E-state index in [-0.39, 0.29) is 6.04 Å². The zero-order chi connectivity index (χ0) is 12.8. The molecule has 3 heteroatoms. The molecule has 0 saturated heterocycles. The van der Waals surface area contributed by atoms with Gasteiger partial charge in [0, 0.05) is 6.42 Å². The van der Waals surface area contributed by atoms with Gasteiger partial charge >= 0.3 is 0 Å². The molecule has 1 unspecified atom stereocenters. The number of likely N-dealkylation sites (N-methyl/N-ethyl adjacent to an activating group) is 1. The number of methoxy groups -OCH3 is 1. The highest BCUT2D eigenvalue weighted by Crippen LogP contribution is 2.19. The van der Waals surface area contributed by atoms with Crippen LogP contribution in [-0.2, 0) is 11.2 Å². The molecule has 0 spiro atoms. The third-order valence-electron chi connectivity index (χ3n) is 3.12. The molecule has 1 aromatic carbocycles. The van der Waals surface area contributed by atoms with Gasteiger partial charge < -0.3 is 14.8 Å². The lowest BCUT2D eigenvalue weighted by molar-refractivity contribution is 0.215. The molecular formula is C15H21NO2. The maximum absolute atomic E-state index is 5.66. The summed E-state index contributed by atoms with van der Waals surface area (Å²) in [5.74, 6) is 1.99. The number of benzene rings is 1. The summed E-state index contributed by atoms with van der Waals surface area (Å²) in [7, 11) is 1.69. The fraction of sp³-hybridized carbons (Fsp3) is 0.467. The molecule has 1 aliphatic rings. The molecular weight excluding hydrogens is 226 g/mol. The summed E-state index contributed by atoms with van der Waals surface area (Å²) >= 11 is 0. The molecule has 0 aromatic heterocycles. The molecule has 0 amide bonds. The predicted molar refractivity (Wildman–Crippen MR) is 72.8 cm³/mol. The molecule has 0 saturated carbocycles. The molecule has 3 nitrogen and oxygen atoms in total. The van der Waals surface area contributed by atoms with E-state index >= 15 is 0 Å². The topological polar surface area (TPSA) is 30.5 Å². The van der Waals surface area contributed by atoms with Crippen molar-refractivity contribution in [2.45, 2.75) is 25.8 Å². The maximum atomic E-state index is 5.66. The largest absolute Gasteiger partial charge is 0.497 e. The van der Waals surface area contributed by atoms with Crippen LogP contribution in [0.15, 0.2) is 36.1 Å². The average molecular weight is 247 g/mol. The molecule has 1 aliphatic heterocycles. The predicted octanol–water partition coefficient (Wildman–Crippen LogP) is 2.52. The van der Waals surface area contributed by atoms with E-state index in [1.807, 2.05) is 12.1 Å². The minimum Gasteiger partial charge on any atom is -0.497 e. The summed E-state index contributed by atoms with van der Waals surface area (Å²) in [6.07, 6.45) is 4.17. The quantitative estimate of drug-likeness (QED) is 0.838. The van der Waals surface area contributed by atoms with E-state index < -0.39 is 0 Å². The van der Waals surface area contributed by atoms with Crippen LogP contribution in [0, 0.1) is 0 Å². The van der Waals surface area contributed by atoms with E-state index in [4.69, 9.17) is 9.47 Å². The van der Waals surface area contributed by atoms with Crippen LogP contribution in [0.1, 0.15) is 18.9 Å². The van der Waals surface area contributed by atoms with E-state index in [1.165, 1.54) is 5.56 Å². The van der Waals surface area contributed by atoms with Crippen molar-refractivity contribution in [3.8, 4) is 5.75 Å². The van der Waals surface area contributed by atoms with Gasteiger partial charge in [0.2, 0.25) is 0 Å². The van der Waals surface area contributed by atoms with E-state index in [9.17, 15) is 0 Å². The fourth-order valence-corrected chi connectivity index (χ4v) is 2.20. The molecule has 2 rings (SSSR count). The standard InChI is InChI=1S/C15H21NO2/c1-3-16-14(15-5-4-10-18-15)11-12-6-8-13(17-2)9-7-12/h5-9,14,16H,3-4,10-11H2,1-2H3. The van der Waals surface area contributed by atoms with Crippen LogP contribution < -0.4 is 10.1 Å². The van der Waals surface area contributed by atoms with Gasteiger partial charge in [-0.25, -0.2) is 0 Å². The van der Waals surface area contributed by atoms with Crippen molar-refractivity contribution in [3.05, 3.63) is 41.7 Å². The number of hydrogen-bond acceptors (Lipinski definition) is 3. The van der Waals surface area contributed by atoms with Crippen LogP contribution in [0.3, 0.4) is 0 Å². The summed E-state index contributed by atoms with van der Waals surface area (Å²) < 4.78 is 10.8. The second-order valence-corrected chi connectivity index (χ2v) is 4.41. The summed E-state index contributed by atoms with van der Waals surface area (Å²) in [6.45, 7) is 3.89. The number of rotatable bonds is 6. The first-order valence-electron chi connectivity index (χ1n) is 6.52. The lowest BCUT2D eigenvalue weighted by Crippen LogP contribution is -2.33. The molecule has 0 radical (unpaired) electrons. The third-order valence-corrected chi connectivity index (χ3v) is 3.12. The monoisotopic (exact) mass is 247 g/mol. The summed E-state index contributed by atoms with van der Waals surface area (Å²) in [5, 5.41) is 3.48. The van der Waals surface area contributed by atoms with Crippen LogP contribution in [0.4, 0.5) is 0 Å². The Hall–Kier alpha value is -1.48. The highest BCUT2D eigenvalue weighted by molar-refractivity contribution is 5.28. The van der Waals surface area contributed by atoms with Crippen LogP contribution >= 0.6 is 0 Å². The van der Waals surface area contributed by atoms with Crippen LogP contribution in [0.2, 0.25) is 0 Å². The molecule has 98 valence electrons. The second-order valence-electron chi connectivity index (χ2n) is 4.41. The minimum absolute atomic E-state index is 0.283. The SMILES string of the molecule is CCNC(Cc1ccc(OC)cc1)C1=CCCO1. The zero-order valence-electron chi connectivity index (χ0n) is 11.1. The number of hydrogen-bond donors (Lipinski definition) is 1. The van der Waals surface area contributed by atoms with Crippen molar-refractivity contribution < 1.29 is 9.47 Å². The van der Waals surface area contributed by atoms with Gasteiger partial charge in [-0.1, -0.05) is 19.1 Å². The van der Waals surface area contributed by atoms with Crippen molar-refractivity contribution in [2.24, 2.45) is 0 Å². The van der Waals surface area contributed by atoms with Crippen molar-refractivity contribution in [3.63, 3.8) is 0 Å². The Kier molecular flexibility index (Phi) is 4.65. The molecule has 0 bridgehead atoms. The Morgan fingerprint density at radius 3 is 2.67 bits per heavy atom. The maximum Gasteiger partial charge on any atom is 0.118 e. The first-order valence-corrected chi connectivity index (χ1v) is 6.52. The molecule has 0 fully saturated rings. The molecule has 0 aliphatic carbocycles. The van der Waals surface area contributed by atoms with E-state index in [0.29, 0.717) is 0 Å². The van der Waals surface area contributed by atoms with E-state index in [2.05, 4.69) is 30.4 Å². The van der Waals surface area contributed by atoms with Gasteiger partial charge in [-0.3, -0.25) is 0 Å². The number of ether oxygens (including phenoxy) is 2. The first kappa shape index (κ1) is 13.0. The van der Waals surface area contributed by atoms with Crippen LogP contribution in [0.5, 0.6) is 5.75 Å². The Morgan fingerprint density at radius 1 is 1.33 bits per heavy atom. The van der Waals surface area contributed by atoms with Crippen LogP contribution in [0.25, 0.3) is 0 Å². The van der Waals surface area contributed by atoms with Crippen molar-refractivity contribution in [1.29, 1.82) is 0 Å². The molecule has 18 heavy (non-hydrogen) atoms. The normalized spacial score (nSPS) is 16.0.